The minimum absolute atomic E-state index is 0.000343. The number of alkyl halides is 1. The molecular formula is C22H31FO3. The standard InChI is InChI=1S/C22H31FO3/c1-22-13-15(8-10-26-11-9-23)21-17-5-3-16(24)12-14(17)2-4-18(21)19(22)6-7-20(22)25/h3,5,12,15,18-21,24-25H,2,4,6-11,13H2,1H3/t15-,18?,19?,20?,21?,22?/m0/s1. The van der Waals surface area contributed by atoms with E-state index in [1.54, 1.807) is 0 Å². The highest BCUT2D eigenvalue weighted by atomic mass is 19.1. The molecular weight excluding hydrogens is 331 g/mol. The molecule has 0 radical (unpaired) electrons. The monoisotopic (exact) mass is 362 g/mol. The Balaban J connectivity index is 1.65. The summed E-state index contributed by atoms with van der Waals surface area (Å²) in [5.41, 5.74) is 2.67. The number of rotatable bonds is 5. The lowest BCUT2D eigenvalue weighted by Crippen LogP contribution is -2.48. The number of aliphatic hydroxyl groups is 1. The molecule has 5 unspecified atom stereocenters. The van der Waals surface area contributed by atoms with E-state index < -0.39 is 6.67 Å². The van der Waals surface area contributed by atoms with Crippen LogP contribution in [0.5, 0.6) is 5.75 Å². The average molecular weight is 362 g/mol. The first-order valence-corrected chi connectivity index (χ1v) is 10.2. The van der Waals surface area contributed by atoms with Crippen molar-refractivity contribution in [3.63, 3.8) is 0 Å². The fraction of sp³-hybridized carbons (Fsp3) is 0.727. The highest BCUT2D eigenvalue weighted by molar-refractivity contribution is 5.40. The fourth-order valence-corrected chi connectivity index (χ4v) is 6.52. The number of aliphatic hydroxyl groups excluding tert-OH is 1. The molecule has 6 atom stereocenters. The number of hydrogen-bond acceptors (Lipinski definition) is 3. The summed E-state index contributed by atoms with van der Waals surface area (Å²) in [6.45, 7) is 2.61. The van der Waals surface area contributed by atoms with E-state index in [4.69, 9.17) is 4.74 Å². The molecule has 26 heavy (non-hydrogen) atoms. The van der Waals surface area contributed by atoms with Gasteiger partial charge in [0.15, 0.2) is 0 Å². The molecule has 144 valence electrons. The van der Waals surface area contributed by atoms with Gasteiger partial charge in [-0.05, 0) is 90.9 Å². The van der Waals surface area contributed by atoms with E-state index in [9.17, 15) is 14.6 Å². The number of phenolic OH excluding ortho intramolecular Hbond substituents is 1. The van der Waals surface area contributed by atoms with Gasteiger partial charge in [-0.25, -0.2) is 4.39 Å². The van der Waals surface area contributed by atoms with Gasteiger partial charge in [-0.3, -0.25) is 0 Å². The van der Waals surface area contributed by atoms with E-state index in [1.807, 2.05) is 12.1 Å². The number of aryl methyl sites for hydroxylation is 1. The molecule has 0 saturated heterocycles. The van der Waals surface area contributed by atoms with E-state index in [0.717, 1.165) is 38.5 Å². The van der Waals surface area contributed by atoms with Crippen LogP contribution in [-0.2, 0) is 11.2 Å². The maximum atomic E-state index is 12.4. The fourth-order valence-electron chi connectivity index (χ4n) is 6.52. The van der Waals surface area contributed by atoms with Crippen LogP contribution in [0.1, 0.15) is 56.1 Å². The van der Waals surface area contributed by atoms with Gasteiger partial charge in [0.05, 0.1) is 12.7 Å². The van der Waals surface area contributed by atoms with E-state index >= 15 is 0 Å². The molecule has 3 aliphatic rings. The van der Waals surface area contributed by atoms with Crippen LogP contribution in [0.4, 0.5) is 4.39 Å². The lowest BCUT2D eigenvalue weighted by molar-refractivity contribution is -0.0546. The molecule has 3 nitrogen and oxygen atoms in total. The SMILES string of the molecule is CC12C[C@H](CCOCCF)C3c4ccc(O)cc4CCC3C1CCC2O. The summed E-state index contributed by atoms with van der Waals surface area (Å²) in [6.07, 6.45) is 5.91. The molecule has 1 aromatic carbocycles. The Bertz CT molecular complexity index is 648. The number of aromatic hydroxyl groups is 1. The smallest absolute Gasteiger partial charge is 0.115 e. The quantitative estimate of drug-likeness (QED) is 0.772. The number of ether oxygens (including phenoxy) is 1. The van der Waals surface area contributed by atoms with Gasteiger partial charge >= 0.3 is 0 Å². The Labute approximate surface area is 155 Å². The molecule has 2 N–H and O–H groups in total. The van der Waals surface area contributed by atoms with Gasteiger partial charge in [0.2, 0.25) is 0 Å². The minimum Gasteiger partial charge on any atom is -0.508 e. The van der Waals surface area contributed by atoms with Crippen LogP contribution in [0, 0.1) is 23.2 Å². The van der Waals surface area contributed by atoms with Crippen molar-refractivity contribution in [2.75, 3.05) is 19.9 Å². The van der Waals surface area contributed by atoms with Gasteiger partial charge in [-0.2, -0.15) is 0 Å². The van der Waals surface area contributed by atoms with Crippen LogP contribution < -0.4 is 0 Å². The molecule has 1 aromatic rings. The number of fused-ring (bicyclic) bond motifs is 5. The molecule has 0 amide bonds. The van der Waals surface area contributed by atoms with Gasteiger partial charge in [-0.1, -0.05) is 13.0 Å². The first-order valence-electron chi connectivity index (χ1n) is 10.2. The third kappa shape index (κ3) is 2.95. The van der Waals surface area contributed by atoms with Crippen LogP contribution in [0.15, 0.2) is 18.2 Å². The molecule has 0 aromatic heterocycles. The largest absolute Gasteiger partial charge is 0.508 e. The maximum Gasteiger partial charge on any atom is 0.115 e. The summed E-state index contributed by atoms with van der Waals surface area (Å²) < 4.78 is 17.8. The molecule has 2 fully saturated rings. The summed E-state index contributed by atoms with van der Waals surface area (Å²) in [6, 6.07) is 5.86. The summed E-state index contributed by atoms with van der Waals surface area (Å²) in [7, 11) is 0. The zero-order valence-electron chi connectivity index (χ0n) is 15.7. The van der Waals surface area contributed by atoms with Gasteiger partial charge in [0, 0.05) is 6.61 Å². The van der Waals surface area contributed by atoms with Crippen molar-refractivity contribution in [3.8, 4) is 5.75 Å². The zero-order chi connectivity index (χ0) is 18.3. The normalized spacial score (nSPS) is 38.5. The van der Waals surface area contributed by atoms with Crippen molar-refractivity contribution < 1.29 is 19.3 Å². The molecule has 4 heteroatoms. The summed E-state index contributed by atoms with van der Waals surface area (Å²) in [4.78, 5) is 0. The van der Waals surface area contributed by atoms with Gasteiger partial charge < -0.3 is 14.9 Å². The van der Waals surface area contributed by atoms with Gasteiger partial charge in [0.1, 0.15) is 12.4 Å². The summed E-state index contributed by atoms with van der Waals surface area (Å²) >= 11 is 0. The number of benzene rings is 1. The second-order valence-corrected chi connectivity index (χ2v) is 8.87. The van der Waals surface area contributed by atoms with Crippen LogP contribution in [0.3, 0.4) is 0 Å². The Kier molecular flexibility index (Phi) is 5.00. The summed E-state index contributed by atoms with van der Waals surface area (Å²) in [5, 5.41) is 20.6. The predicted molar refractivity (Wildman–Crippen MR) is 99.0 cm³/mol. The van der Waals surface area contributed by atoms with Gasteiger partial charge in [-0.15, -0.1) is 0 Å². The van der Waals surface area contributed by atoms with E-state index in [0.29, 0.717) is 36.0 Å². The van der Waals surface area contributed by atoms with Gasteiger partial charge in [0.25, 0.3) is 0 Å². The molecule has 0 aliphatic heterocycles. The topological polar surface area (TPSA) is 49.7 Å². The van der Waals surface area contributed by atoms with Crippen LogP contribution >= 0.6 is 0 Å². The molecule has 2 saturated carbocycles. The van der Waals surface area contributed by atoms with Crippen molar-refractivity contribution in [1.82, 2.24) is 0 Å². The third-order valence-corrected chi connectivity index (χ3v) is 7.63. The molecule has 4 rings (SSSR count). The van der Waals surface area contributed by atoms with Crippen molar-refractivity contribution in [2.45, 2.75) is 57.5 Å². The number of hydrogen-bond donors (Lipinski definition) is 2. The van der Waals surface area contributed by atoms with Crippen molar-refractivity contribution in [3.05, 3.63) is 29.3 Å². The Morgan fingerprint density at radius 2 is 2.08 bits per heavy atom. The lowest BCUT2D eigenvalue weighted by Gasteiger charge is -2.54. The predicted octanol–water partition coefficient (Wildman–Crippen LogP) is 4.21. The van der Waals surface area contributed by atoms with E-state index in [-0.39, 0.29) is 18.1 Å². The third-order valence-electron chi connectivity index (χ3n) is 7.63. The van der Waals surface area contributed by atoms with E-state index in [2.05, 4.69) is 13.0 Å². The molecule has 3 aliphatic carbocycles. The van der Waals surface area contributed by atoms with Crippen LogP contribution in [0.25, 0.3) is 0 Å². The van der Waals surface area contributed by atoms with Crippen LogP contribution in [-0.4, -0.2) is 36.2 Å². The second kappa shape index (κ2) is 7.12. The number of halogens is 1. The second-order valence-electron chi connectivity index (χ2n) is 8.87. The van der Waals surface area contributed by atoms with E-state index in [1.165, 1.54) is 11.1 Å². The van der Waals surface area contributed by atoms with Crippen molar-refractivity contribution in [2.24, 2.45) is 23.2 Å². The molecule has 0 spiro atoms. The Morgan fingerprint density at radius 1 is 1.23 bits per heavy atom. The first kappa shape index (κ1) is 18.2. The lowest BCUT2D eigenvalue weighted by atomic mass is 9.51. The van der Waals surface area contributed by atoms with Crippen molar-refractivity contribution in [1.29, 1.82) is 0 Å². The average Bonchev–Trinajstić information content (AvgIpc) is 2.93. The Hall–Kier alpha value is -1.13. The highest BCUT2D eigenvalue weighted by Gasteiger charge is 2.57. The maximum absolute atomic E-state index is 12.4. The Morgan fingerprint density at radius 3 is 2.88 bits per heavy atom. The highest BCUT2D eigenvalue weighted by Crippen LogP contribution is 2.63. The molecule has 0 heterocycles. The summed E-state index contributed by atoms with van der Waals surface area (Å²) in [5.74, 6) is 2.43. The minimum atomic E-state index is -0.433. The number of phenols is 1. The van der Waals surface area contributed by atoms with Crippen molar-refractivity contribution >= 4 is 0 Å². The first-order chi connectivity index (χ1) is 12.5. The molecule has 0 bridgehead atoms. The van der Waals surface area contributed by atoms with Crippen LogP contribution in [0.2, 0.25) is 0 Å². The zero-order valence-corrected chi connectivity index (χ0v) is 15.7.